The predicted octanol–water partition coefficient (Wildman–Crippen LogP) is 2.31. The minimum absolute atomic E-state index is 0.151. The van der Waals surface area contributed by atoms with Crippen molar-refractivity contribution in [3.8, 4) is 118 Å². The molecule has 1 unspecified atom stereocenters. The lowest BCUT2D eigenvalue weighted by atomic mass is 10.2. The van der Waals surface area contributed by atoms with Crippen molar-refractivity contribution in [2.24, 2.45) is 0 Å². The number of benzene rings is 1. The predicted molar refractivity (Wildman–Crippen MR) is 157 cm³/mol. The van der Waals surface area contributed by atoms with Gasteiger partial charge in [-0.3, -0.25) is 9.89 Å². The number of hydrogen-bond donors (Lipinski definition) is 2. The molecule has 1 amide bonds. The van der Waals surface area contributed by atoms with Crippen LogP contribution in [0.5, 0.6) is 0 Å². The van der Waals surface area contributed by atoms with Crippen LogP contribution < -0.4 is 5.32 Å². The van der Waals surface area contributed by atoms with E-state index in [0.717, 1.165) is 0 Å². The maximum Gasteiger partial charge on any atom is 0.387 e. The fourth-order valence-electron chi connectivity index (χ4n) is 2.73. The van der Waals surface area contributed by atoms with E-state index in [1.165, 1.54) is 17.5 Å². The number of carbonyl (C=O) groups excluding carboxylic acids is 2. The maximum absolute atomic E-state index is 12.6. The van der Waals surface area contributed by atoms with E-state index in [4.69, 9.17) is 34.4 Å². The summed E-state index contributed by atoms with van der Waals surface area (Å²) >= 11 is 12.1. The molecule has 0 radical (unpaired) electrons. The summed E-state index contributed by atoms with van der Waals surface area (Å²) in [6, 6.07) is 6.45. The molecule has 0 saturated carbocycles. The number of rotatable bonds is 4. The number of nitrogens with zero attached hydrogens (tertiary/aromatic N) is 3. The number of nitrogens with one attached hydrogen (secondary N) is 2. The van der Waals surface area contributed by atoms with Gasteiger partial charge < -0.3 is 10.1 Å². The number of terminal acetylenes is 1. The van der Waals surface area contributed by atoms with Crippen LogP contribution in [0.1, 0.15) is 17.4 Å². The van der Waals surface area contributed by atoms with Crippen molar-refractivity contribution >= 4 is 40.7 Å². The molecule has 0 fully saturated rings. The molecule has 0 aliphatic carbocycles. The summed E-state index contributed by atoms with van der Waals surface area (Å²) < 4.78 is 6.55. The van der Waals surface area contributed by atoms with E-state index in [2.05, 4.69) is 121 Å². The van der Waals surface area contributed by atoms with Crippen LogP contribution in [0.4, 0.5) is 0 Å². The number of esters is 1. The molecule has 2 heterocycles. The zero-order valence-electron chi connectivity index (χ0n) is 21.3. The number of ether oxygens (including phenoxy) is 1. The van der Waals surface area contributed by atoms with Crippen LogP contribution in [0.25, 0.3) is 17.0 Å². The summed E-state index contributed by atoms with van der Waals surface area (Å²) in [7, 11) is 0. The minimum Gasteiger partial charge on any atom is -0.432 e. The molecule has 10 heteroatoms. The fourth-order valence-corrected chi connectivity index (χ4v) is 3.02. The second kappa shape index (κ2) is 15.8. The number of amides is 1. The Morgan fingerprint density at radius 1 is 0.857 bits per heavy atom. The first-order valence-electron chi connectivity index (χ1n) is 11.3. The van der Waals surface area contributed by atoms with E-state index in [1.807, 2.05) is 0 Å². The number of aromatic amines is 1. The Bertz CT molecular complexity index is 2140. The Hall–Kier alpha value is -6.54. The normalized spacial score (nSPS) is 8.81. The lowest BCUT2D eigenvalue weighted by Gasteiger charge is -2.12. The highest BCUT2D eigenvalue weighted by atomic mass is 35.5. The van der Waals surface area contributed by atoms with Crippen molar-refractivity contribution in [2.45, 2.75) is 13.2 Å². The molecular formula is C32H11Cl2N5O3. The Morgan fingerprint density at radius 2 is 1.43 bits per heavy atom. The summed E-state index contributed by atoms with van der Waals surface area (Å²) in [5.41, 5.74) is 1.17. The van der Waals surface area contributed by atoms with E-state index < -0.39 is 18.1 Å². The highest BCUT2D eigenvalue weighted by Crippen LogP contribution is 2.27. The number of H-pyrrole nitrogens is 1. The van der Waals surface area contributed by atoms with Gasteiger partial charge in [0.15, 0.2) is 17.7 Å². The molecule has 0 aliphatic heterocycles. The van der Waals surface area contributed by atoms with Crippen molar-refractivity contribution in [2.75, 3.05) is 0 Å². The molecule has 1 aromatic carbocycles. The smallest absolute Gasteiger partial charge is 0.387 e. The average Bonchev–Trinajstić information content (AvgIpc) is 3.56. The third-order valence-corrected chi connectivity index (χ3v) is 5.09. The highest BCUT2D eigenvalue weighted by Gasteiger charge is 2.18. The summed E-state index contributed by atoms with van der Waals surface area (Å²) in [5, 5.41) is 14.3. The minimum atomic E-state index is -0.995. The Labute approximate surface area is 251 Å². The molecule has 2 N–H and O–H groups in total. The van der Waals surface area contributed by atoms with Crippen molar-refractivity contribution in [3.63, 3.8) is 0 Å². The van der Waals surface area contributed by atoms with Crippen molar-refractivity contribution < 1.29 is 14.3 Å². The fraction of sp³-hybridized carbons (Fsp3) is 0.0625. The van der Waals surface area contributed by atoms with Crippen molar-refractivity contribution in [3.05, 3.63) is 40.0 Å². The SMILES string of the molecule is C#CC#CC#CC#CC#CC#CC#CC#CC#CC(=O)OC(C)NC(=O)c1cc2nnc(-c3ccc(Cl)c(Cl)c3)n2[nH]1. The monoisotopic (exact) mass is 583 g/mol. The highest BCUT2D eigenvalue weighted by molar-refractivity contribution is 6.42. The standard InChI is InChI=1S/C32H11Cl2N5O3/c1-3-4-5-6-7-8-9-10-11-12-13-14-15-16-17-18-19-30(40)42-24(2)35-32(41)28-23-29-36-37-31(39(29)38-28)25-20-21-26(33)27(34)22-25/h1,20-24,38H,2H3,(H,35,41). The largest absolute Gasteiger partial charge is 0.432 e. The maximum atomic E-state index is 12.6. The van der Waals surface area contributed by atoms with Gasteiger partial charge in [0.05, 0.1) is 10.0 Å². The molecule has 3 aromatic rings. The number of carbonyl (C=O) groups is 2. The first kappa shape index (κ1) is 30.0. The zero-order valence-corrected chi connectivity index (χ0v) is 22.8. The summed E-state index contributed by atoms with van der Waals surface area (Å²) in [6.07, 6.45) is 3.94. The van der Waals surface area contributed by atoms with Gasteiger partial charge in [-0.05, 0) is 120 Å². The third kappa shape index (κ3) is 9.33. The number of halogens is 2. The topological polar surface area (TPSA) is 101 Å². The van der Waals surface area contributed by atoms with Gasteiger partial charge in [-0.15, -0.1) is 16.6 Å². The summed E-state index contributed by atoms with van der Waals surface area (Å²) in [6.45, 7) is 1.46. The van der Waals surface area contributed by atoms with Gasteiger partial charge in [0.2, 0.25) is 0 Å². The molecule has 42 heavy (non-hydrogen) atoms. The Kier molecular flexibility index (Phi) is 11.3. The molecule has 3 rings (SSSR count). The second-order valence-corrected chi connectivity index (χ2v) is 8.00. The van der Waals surface area contributed by atoms with Crippen molar-refractivity contribution in [1.82, 2.24) is 25.1 Å². The number of aromatic nitrogens is 4. The third-order valence-electron chi connectivity index (χ3n) is 4.35. The van der Waals surface area contributed by atoms with Gasteiger partial charge in [-0.2, -0.15) is 0 Å². The van der Waals surface area contributed by atoms with Gasteiger partial charge >= 0.3 is 5.97 Å². The lowest BCUT2D eigenvalue weighted by molar-refractivity contribution is -0.141. The molecule has 2 aromatic heterocycles. The Balaban J connectivity index is 1.49. The van der Waals surface area contributed by atoms with E-state index >= 15 is 0 Å². The van der Waals surface area contributed by atoms with Crippen LogP contribution in [-0.2, 0) is 9.53 Å². The lowest BCUT2D eigenvalue weighted by Crippen LogP contribution is -2.36. The molecule has 8 nitrogen and oxygen atoms in total. The average molecular weight is 584 g/mol. The Morgan fingerprint density at radius 3 is 2.00 bits per heavy atom. The van der Waals surface area contributed by atoms with Crippen molar-refractivity contribution in [1.29, 1.82) is 0 Å². The number of hydrogen-bond acceptors (Lipinski definition) is 5. The zero-order chi connectivity index (χ0) is 30.2. The molecular weight excluding hydrogens is 573 g/mol. The van der Waals surface area contributed by atoms with Crippen LogP contribution in [0, 0.1) is 107 Å². The summed E-state index contributed by atoms with van der Waals surface area (Å²) in [4.78, 5) is 24.5. The van der Waals surface area contributed by atoms with E-state index in [0.29, 0.717) is 27.1 Å². The van der Waals surface area contributed by atoms with Gasteiger partial charge in [-0.1, -0.05) is 23.2 Å². The van der Waals surface area contributed by atoms with Crippen LogP contribution in [-0.4, -0.2) is 37.9 Å². The molecule has 196 valence electrons. The van der Waals surface area contributed by atoms with E-state index in [-0.39, 0.29) is 5.69 Å². The van der Waals surface area contributed by atoms with Gasteiger partial charge in [0.25, 0.3) is 5.91 Å². The van der Waals surface area contributed by atoms with Crippen LogP contribution in [0.3, 0.4) is 0 Å². The van der Waals surface area contributed by atoms with Crippen LogP contribution in [0.2, 0.25) is 10.0 Å². The molecule has 1 atom stereocenters. The molecule has 0 saturated heterocycles. The first-order chi connectivity index (χ1) is 20.4. The van der Waals surface area contributed by atoms with E-state index in [9.17, 15) is 9.59 Å². The van der Waals surface area contributed by atoms with Gasteiger partial charge in [0, 0.05) is 17.6 Å². The molecule has 0 spiro atoms. The molecule has 0 bridgehead atoms. The quantitative estimate of drug-likeness (QED) is 0.212. The van der Waals surface area contributed by atoms with Gasteiger partial charge in [0.1, 0.15) is 5.69 Å². The van der Waals surface area contributed by atoms with Gasteiger partial charge in [-0.25, -0.2) is 9.31 Å². The van der Waals surface area contributed by atoms with E-state index in [1.54, 1.807) is 18.2 Å². The number of fused-ring (bicyclic) bond motifs is 1. The van der Waals surface area contributed by atoms with Crippen LogP contribution in [0.15, 0.2) is 24.3 Å². The first-order valence-corrected chi connectivity index (χ1v) is 12.0. The second-order valence-electron chi connectivity index (χ2n) is 7.18. The summed E-state index contributed by atoms with van der Waals surface area (Å²) in [5.74, 6) is 39.5. The van der Waals surface area contributed by atoms with Crippen LogP contribution >= 0.6 is 23.2 Å². The molecule has 0 aliphatic rings.